The van der Waals surface area contributed by atoms with Crippen LogP contribution in [0.25, 0.3) is 0 Å². The maximum Gasteiger partial charge on any atom is 0.0949 e. The number of imidazole rings is 1. The number of allylic oxidation sites excluding steroid dienone is 1. The summed E-state index contributed by atoms with van der Waals surface area (Å²) in [6.45, 7) is 8.48. The van der Waals surface area contributed by atoms with Crippen LogP contribution in [0.15, 0.2) is 25.2 Å². The molecule has 21 heavy (non-hydrogen) atoms. The fourth-order valence-corrected chi connectivity index (χ4v) is 3.21. The van der Waals surface area contributed by atoms with Gasteiger partial charge in [-0.3, -0.25) is 4.90 Å². The molecule has 5 nitrogen and oxygen atoms in total. The Morgan fingerprint density at radius 2 is 2.43 bits per heavy atom. The first-order chi connectivity index (χ1) is 10.2. The van der Waals surface area contributed by atoms with E-state index < -0.39 is 0 Å². The third-order valence-corrected chi connectivity index (χ3v) is 4.37. The summed E-state index contributed by atoms with van der Waals surface area (Å²) in [4.78, 5) is 6.67. The van der Waals surface area contributed by atoms with Gasteiger partial charge in [-0.25, -0.2) is 4.98 Å². The lowest BCUT2D eigenvalue weighted by Gasteiger charge is -2.41. The summed E-state index contributed by atoms with van der Waals surface area (Å²) in [5.74, 6) is 0. The minimum Gasteiger partial charge on any atom is -0.396 e. The maximum absolute atomic E-state index is 9.78. The van der Waals surface area contributed by atoms with E-state index in [9.17, 15) is 5.11 Å². The highest BCUT2D eigenvalue weighted by atomic mass is 16.5. The number of rotatable bonds is 8. The highest BCUT2D eigenvalue weighted by molar-refractivity contribution is 5.00. The van der Waals surface area contributed by atoms with Crippen LogP contribution in [0.1, 0.15) is 25.0 Å². The number of piperidine rings is 1. The Balaban J connectivity index is 1.99. The van der Waals surface area contributed by atoms with Crippen LogP contribution >= 0.6 is 0 Å². The van der Waals surface area contributed by atoms with E-state index in [1.54, 1.807) is 7.11 Å². The normalized spacial score (nSPS) is 23.3. The first kappa shape index (κ1) is 16.2. The Morgan fingerprint density at radius 1 is 1.57 bits per heavy atom. The third-order valence-electron chi connectivity index (χ3n) is 4.37. The SMILES string of the molecule is C=CC[C@]1(CO)CCCN(Cc2cncn2CCOC)C1. The molecule has 0 radical (unpaired) electrons. The van der Waals surface area contributed by atoms with Crippen molar-refractivity contribution in [3.05, 3.63) is 30.9 Å². The molecule has 1 saturated heterocycles. The van der Waals surface area contributed by atoms with Gasteiger partial charge in [0, 0.05) is 38.4 Å². The topological polar surface area (TPSA) is 50.5 Å². The molecule has 0 bridgehead atoms. The van der Waals surface area contributed by atoms with Crippen LogP contribution in [0.2, 0.25) is 0 Å². The van der Waals surface area contributed by atoms with Crippen molar-refractivity contribution in [2.75, 3.05) is 33.4 Å². The summed E-state index contributed by atoms with van der Waals surface area (Å²) < 4.78 is 7.28. The van der Waals surface area contributed by atoms with Gasteiger partial charge in [0.15, 0.2) is 0 Å². The van der Waals surface area contributed by atoms with Crippen molar-refractivity contribution in [2.45, 2.75) is 32.4 Å². The maximum atomic E-state index is 9.78. The van der Waals surface area contributed by atoms with Gasteiger partial charge < -0.3 is 14.4 Å². The lowest BCUT2D eigenvalue weighted by Crippen LogP contribution is -2.45. The molecule has 0 aliphatic carbocycles. The number of hydrogen-bond acceptors (Lipinski definition) is 4. The predicted molar refractivity (Wildman–Crippen MR) is 82.9 cm³/mol. The molecular weight excluding hydrogens is 266 g/mol. The first-order valence-electron chi connectivity index (χ1n) is 7.65. The zero-order valence-corrected chi connectivity index (χ0v) is 13.0. The highest BCUT2D eigenvalue weighted by Crippen LogP contribution is 2.33. The lowest BCUT2D eigenvalue weighted by molar-refractivity contribution is 0.0298. The van der Waals surface area contributed by atoms with Crippen LogP contribution in [0.4, 0.5) is 0 Å². The number of ether oxygens (including phenoxy) is 1. The molecule has 1 aromatic rings. The summed E-state index contributed by atoms with van der Waals surface area (Å²) in [6, 6.07) is 0. The smallest absolute Gasteiger partial charge is 0.0949 e. The molecule has 1 N–H and O–H groups in total. The Bertz CT molecular complexity index is 446. The van der Waals surface area contributed by atoms with Gasteiger partial charge >= 0.3 is 0 Å². The van der Waals surface area contributed by atoms with E-state index in [-0.39, 0.29) is 12.0 Å². The minimum atomic E-state index is -0.0165. The summed E-state index contributed by atoms with van der Waals surface area (Å²) in [5.41, 5.74) is 1.19. The molecule has 1 aliphatic rings. The van der Waals surface area contributed by atoms with Crippen LogP contribution in [0, 0.1) is 5.41 Å². The van der Waals surface area contributed by atoms with E-state index in [1.165, 1.54) is 5.69 Å². The molecule has 1 aliphatic heterocycles. The van der Waals surface area contributed by atoms with E-state index >= 15 is 0 Å². The van der Waals surface area contributed by atoms with Crippen molar-refractivity contribution in [3.8, 4) is 0 Å². The zero-order chi connectivity index (χ0) is 15.1. The van der Waals surface area contributed by atoms with Crippen LogP contribution in [-0.4, -0.2) is 53.0 Å². The molecule has 1 aromatic heterocycles. The largest absolute Gasteiger partial charge is 0.396 e. The molecule has 2 rings (SSSR count). The van der Waals surface area contributed by atoms with Crippen LogP contribution in [-0.2, 0) is 17.8 Å². The van der Waals surface area contributed by atoms with Gasteiger partial charge in [0.05, 0.1) is 25.2 Å². The van der Waals surface area contributed by atoms with Gasteiger partial charge in [0.2, 0.25) is 0 Å². The average molecular weight is 293 g/mol. The molecule has 0 aromatic carbocycles. The standard InChI is InChI=1S/C16H27N3O2/c1-3-5-16(13-20)6-4-7-18(12-16)11-15-10-17-14-19(15)8-9-21-2/h3,10,14,20H,1,4-9,11-13H2,2H3/t16-/m0/s1. The molecule has 0 saturated carbocycles. The monoisotopic (exact) mass is 293 g/mol. The molecular formula is C16H27N3O2. The van der Waals surface area contributed by atoms with Gasteiger partial charge in [-0.05, 0) is 25.8 Å². The van der Waals surface area contributed by atoms with Crippen molar-refractivity contribution in [1.29, 1.82) is 0 Å². The van der Waals surface area contributed by atoms with Crippen LogP contribution < -0.4 is 0 Å². The molecule has 5 heteroatoms. The summed E-state index contributed by atoms with van der Waals surface area (Å²) >= 11 is 0. The molecule has 118 valence electrons. The second-order valence-corrected chi connectivity index (χ2v) is 6.04. The van der Waals surface area contributed by atoms with Crippen molar-refractivity contribution in [2.24, 2.45) is 5.41 Å². The average Bonchev–Trinajstić information content (AvgIpc) is 2.93. The van der Waals surface area contributed by atoms with Crippen LogP contribution in [0.3, 0.4) is 0 Å². The van der Waals surface area contributed by atoms with Gasteiger partial charge in [-0.1, -0.05) is 6.08 Å². The molecule has 2 heterocycles. The quantitative estimate of drug-likeness (QED) is 0.741. The van der Waals surface area contributed by atoms with E-state index in [2.05, 4.69) is 21.0 Å². The first-order valence-corrected chi connectivity index (χ1v) is 7.65. The number of nitrogens with zero attached hydrogens (tertiary/aromatic N) is 3. The number of aromatic nitrogens is 2. The van der Waals surface area contributed by atoms with Crippen molar-refractivity contribution in [1.82, 2.24) is 14.5 Å². The van der Waals surface area contributed by atoms with E-state index in [0.29, 0.717) is 6.61 Å². The zero-order valence-electron chi connectivity index (χ0n) is 13.0. The van der Waals surface area contributed by atoms with Crippen molar-refractivity contribution in [3.63, 3.8) is 0 Å². The fraction of sp³-hybridized carbons (Fsp3) is 0.688. The summed E-state index contributed by atoms with van der Waals surface area (Å²) in [7, 11) is 1.71. The number of aliphatic hydroxyl groups excluding tert-OH is 1. The predicted octanol–water partition coefficient (Wildman–Crippen LogP) is 1.68. The molecule has 0 unspecified atom stereocenters. The number of methoxy groups -OCH3 is 1. The van der Waals surface area contributed by atoms with Gasteiger partial charge in [0.25, 0.3) is 0 Å². The Morgan fingerprint density at radius 3 is 3.14 bits per heavy atom. The second-order valence-electron chi connectivity index (χ2n) is 6.04. The molecule has 1 fully saturated rings. The number of likely N-dealkylation sites (tertiary alicyclic amines) is 1. The van der Waals surface area contributed by atoms with E-state index in [4.69, 9.17) is 4.74 Å². The Kier molecular flexibility index (Phi) is 5.96. The second kappa shape index (κ2) is 7.73. The minimum absolute atomic E-state index is 0.0165. The summed E-state index contributed by atoms with van der Waals surface area (Å²) in [5, 5.41) is 9.78. The third kappa shape index (κ3) is 4.15. The Hall–Kier alpha value is -1.17. The van der Waals surface area contributed by atoms with Gasteiger partial charge in [-0.2, -0.15) is 0 Å². The van der Waals surface area contributed by atoms with Gasteiger partial charge in [0.1, 0.15) is 0 Å². The molecule has 1 atom stereocenters. The van der Waals surface area contributed by atoms with Crippen molar-refractivity contribution >= 4 is 0 Å². The van der Waals surface area contributed by atoms with Gasteiger partial charge in [-0.15, -0.1) is 6.58 Å². The van der Waals surface area contributed by atoms with E-state index in [1.807, 2.05) is 18.6 Å². The Labute approximate surface area is 127 Å². The number of hydrogen-bond donors (Lipinski definition) is 1. The lowest BCUT2D eigenvalue weighted by atomic mass is 9.78. The molecule has 0 amide bonds. The van der Waals surface area contributed by atoms with Crippen molar-refractivity contribution < 1.29 is 9.84 Å². The van der Waals surface area contributed by atoms with E-state index in [0.717, 1.165) is 45.4 Å². The fourth-order valence-electron chi connectivity index (χ4n) is 3.21. The number of aliphatic hydroxyl groups is 1. The molecule has 0 spiro atoms. The summed E-state index contributed by atoms with van der Waals surface area (Å²) in [6.07, 6.45) is 8.81. The highest BCUT2D eigenvalue weighted by Gasteiger charge is 2.33. The van der Waals surface area contributed by atoms with Crippen LogP contribution in [0.5, 0.6) is 0 Å².